The molecule has 1 aliphatic heterocycles. The normalized spacial score (nSPS) is 17.3. The number of carbonyl (C=O) groups is 2. The molecular formula is C16H22FN3O2. The first-order chi connectivity index (χ1) is 10.6. The smallest absolute Gasteiger partial charge is 0.251 e. The van der Waals surface area contributed by atoms with Crippen LogP contribution in [0, 0.1) is 5.82 Å². The molecule has 2 amide bonds. The maximum Gasteiger partial charge on any atom is 0.251 e. The molecule has 5 nitrogen and oxygen atoms in total. The first kappa shape index (κ1) is 16.4. The number of likely N-dealkylation sites (N-methyl/N-ethyl adjacent to an activating group) is 1. The molecule has 120 valence electrons. The zero-order valence-electron chi connectivity index (χ0n) is 12.8. The molecule has 1 fully saturated rings. The van der Waals surface area contributed by atoms with Crippen molar-refractivity contribution in [3.8, 4) is 0 Å². The van der Waals surface area contributed by atoms with E-state index < -0.39 is 0 Å². The summed E-state index contributed by atoms with van der Waals surface area (Å²) in [5.74, 6) is -0.517. The van der Waals surface area contributed by atoms with Crippen molar-refractivity contribution in [2.45, 2.75) is 25.3 Å². The highest BCUT2D eigenvalue weighted by Gasteiger charge is 2.22. The number of rotatable bonds is 6. The molecule has 1 heterocycles. The molecule has 0 bridgehead atoms. The van der Waals surface area contributed by atoms with E-state index in [2.05, 4.69) is 10.6 Å². The van der Waals surface area contributed by atoms with E-state index in [9.17, 15) is 14.0 Å². The van der Waals surface area contributed by atoms with Crippen LogP contribution in [0.5, 0.6) is 0 Å². The zero-order valence-corrected chi connectivity index (χ0v) is 12.8. The third-order valence-electron chi connectivity index (χ3n) is 3.93. The molecule has 0 aliphatic carbocycles. The van der Waals surface area contributed by atoms with Crippen LogP contribution in [0.2, 0.25) is 0 Å². The van der Waals surface area contributed by atoms with E-state index in [-0.39, 0.29) is 23.7 Å². The number of nitrogens with zero attached hydrogens (tertiary/aromatic N) is 1. The highest BCUT2D eigenvalue weighted by molar-refractivity contribution is 5.94. The lowest BCUT2D eigenvalue weighted by atomic mass is 10.2. The highest BCUT2D eigenvalue weighted by Crippen LogP contribution is 2.08. The Labute approximate surface area is 129 Å². The van der Waals surface area contributed by atoms with E-state index in [4.69, 9.17) is 0 Å². The van der Waals surface area contributed by atoms with Gasteiger partial charge in [0.1, 0.15) is 5.82 Å². The van der Waals surface area contributed by atoms with Crippen molar-refractivity contribution in [3.05, 3.63) is 35.6 Å². The van der Waals surface area contributed by atoms with E-state index in [0.29, 0.717) is 24.9 Å². The Morgan fingerprint density at radius 2 is 2.09 bits per heavy atom. The van der Waals surface area contributed by atoms with E-state index in [1.165, 1.54) is 24.3 Å². The predicted molar refractivity (Wildman–Crippen MR) is 82.0 cm³/mol. The molecule has 1 aromatic carbocycles. The topological polar surface area (TPSA) is 61.4 Å². The van der Waals surface area contributed by atoms with Gasteiger partial charge in [-0.1, -0.05) is 0 Å². The Balaban J connectivity index is 1.67. The van der Waals surface area contributed by atoms with Crippen molar-refractivity contribution in [2.75, 3.05) is 26.7 Å². The minimum absolute atomic E-state index is 0.102. The van der Waals surface area contributed by atoms with Crippen molar-refractivity contribution < 1.29 is 14.0 Å². The van der Waals surface area contributed by atoms with E-state index in [1.807, 2.05) is 7.05 Å². The van der Waals surface area contributed by atoms with Gasteiger partial charge in [-0.05, 0) is 43.7 Å². The summed E-state index contributed by atoms with van der Waals surface area (Å²) in [6.45, 7) is 2.23. The standard InChI is InChI=1S/C16H22FN3O2/c1-20(14-8-10-18-11-14)15(21)3-2-9-19-16(22)12-4-6-13(17)7-5-12/h4-7,14,18H,2-3,8-11H2,1H3,(H,19,22). The largest absolute Gasteiger partial charge is 0.352 e. The Bertz CT molecular complexity index is 513. The highest BCUT2D eigenvalue weighted by atomic mass is 19.1. The molecular weight excluding hydrogens is 285 g/mol. The Kier molecular flexibility index (Phi) is 5.89. The molecule has 1 aromatic rings. The third-order valence-corrected chi connectivity index (χ3v) is 3.93. The number of amides is 2. The average Bonchev–Trinajstić information content (AvgIpc) is 3.05. The number of nitrogens with one attached hydrogen (secondary N) is 2. The molecule has 2 N–H and O–H groups in total. The number of benzene rings is 1. The molecule has 0 radical (unpaired) electrons. The van der Waals surface area contributed by atoms with Crippen molar-refractivity contribution in [1.82, 2.24) is 15.5 Å². The summed E-state index contributed by atoms with van der Waals surface area (Å²) in [5.41, 5.74) is 0.418. The maximum atomic E-state index is 12.8. The first-order valence-corrected chi connectivity index (χ1v) is 7.58. The molecule has 1 saturated heterocycles. The van der Waals surface area contributed by atoms with Crippen LogP contribution >= 0.6 is 0 Å². The zero-order chi connectivity index (χ0) is 15.9. The van der Waals surface area contributed by atoms with Gasteiger partial charge in [-0.2, -0.15) is 0 Å². The van der Waals surface area contributed by atoms with Crippen LogP contribution in [-0.2, 0) is 4.79 Å². The predicted octanol–water partition coefficient (Wildman–Crippen LogP) is 1.16. The van der Waals surface area contributed by atoms with Crippen molar-refractivity contribution >= 4 is 11.8 Å². The van der Waals surface area contributed by atoms with Crippen LogP contribution < -0.4 is 10.6 Å². The van der Waals surface area contributed by atoms with Gasteiger partial charge in [0, 0.05) is 38.2 Å². The van der Waals surface area contributed by atoms with Crippen LogP contribution in [0.25, 0.3) is 0 Å². The Morgan fingerprint density at radius 3 is 2.73 bits per heavy atom. The van der Waals surface area contributed by atoms with Gasteiger partial charge in [0.05, 0.1) is 0 Å². The van der Waals surface area contributed by atoms with Gasteiger partial charge in [-0.15, -0.1) is 0 Å². The monoisotopic (exact) mass is 307 g/mol. The molecule has 2 rings (SSSR count). The van der Waals surface area contributed by atoms with Crippen LogP contribution in [0.1, 0.15) is 29.6 Å². The first-order valence-electron chi connectivity index (χ1n) is 7.58. The summed E-state index contributed by atoms with van der Waals surface area (Å²) < 4.78 is 12.8. The van der Waals surface area contributed by atoms with Crippen molar-refractivity contribution in [1.29, 1.82) is 0 Å². The quantitative estimate of drug-likeness (QED) is 0.775. The van der Waals surface area contributed by atoms with Gasteiger partial charge >= 0.3 is 0 Å². The molecule has 0 saturated carbocycles. The maximum absolute atomic E-state index is 12.8. The third kappa shape index (κ3) is 4.53. The molecule has 22 heavy (non-hydrogen) atoms. The summed E-state index contributed by atoms with van der Waals surface area (Å²) in [4.78, 5) is 25.6. The number of hydrogen-bond donors (Lipinski definition) is 2. The van der Waals surface area contributed by atoms with Crippen molar-refractivity contribution in [3.63, 3.8) is 0 Å². The molecule has 1 aliphatic rings. The minimum Gasteiger partial charge on any atom is -0.352 e. The van der Waals surface area contributed by atoms with Crippen molar-refractivity contribution in [2.24, 2.45) is 0 Å². The van der Waals surface area contributed by atoms with Gasteiger partial charge in [-0.3, -0.25) is 9.59 Å². The van der Waals surface area contributed by atoms with Crippen LogP contribution in [0.15, 0.2) is 24.3 Å². The van der Waals surface area contributed by atoms with Crippen LogP contribution in [0.4, 0.5) is 4.39 Å². The van der Waals surface area contributed by atoms with E-state index >= 15 is 0 Å². The Morgan fingerprint density at radius 1 is 1.36 bits per heavy atom. The lowest BCUT2D eigenvalue weighted by molar-refractivity contribution is -0.131. The van der Waals surface area contributed by atoms with Gasteiger partial charge in [0.15, 0.2) is 0 Å². The van der Waals surface area contributed by atoms with E-state index in [1.54, 1.807) is 4.90 Å². The molecule has 0 spiro atoms. The second kappa shape index (κ2) is 7.89. The number of carbonyl (C=O) groups excluding carboxylic acids is 2. The van der Waals surface area contributed by atoms with Gasteiger partial charge in [0.25, 0.3) is 5.91 Å². The van der Waals surface area contributed by atoms with Gasteiger partial charge in [0.2, 0.25) is 5.91 Å². The fraction of sp³-hybridized carbons (Fsp3) is 0.500. The average molecular weight is 307 g/mol. The van der Waals surface area contributed by atoms with Gasteiger partial charge in [-0.25, -0.2) is 4.39 Å². The van der Waals surface area contributed by atoms with Gasteiger partial charge < -0.3 is 15.5 Å². The fourth-order valence-corrected chi connectivity index (χ4v) is 2.49. The molecule has 6 heteroatoms. The number of hydrogen-bond acceptors (Lipinski definition) is 3. The molecule has 0 aromatic heterocycles. The summed E-state index contributed by atoms with van der Waals surface area (Å²) in [5, 5.41) is 5.97. The second-order valence-electron chi connectivity index (χ2n) is 5.52. The summed E-state index contributed by atoms with van der Waals surface area (Å²) in [7, 11) is 1.83. The molecule has 1 atom stereocenters. The summed E-state index contributed by atoms with van der Waals surface area (Å²) in [6, 6.07) is 5.67. The second-order valence-corrected chi connectivity index (χ2v) is 5.52. The molecule has 1 unspecified atom stereocenters. The minimum atomic E-state index is -0.369. The fourth-order valence-electron chi connectivity index (χ4n) is 2.49. The SMILES string of the molecule is CN(C(=O)CCCNC(=O)c1ccc(F)cc1)C1CCNC1. The van der Waals surface area contributed by atoms with Crippen LogP contribution in [-0.4, -0.2) is 49.4 Å². The number of halogens is 1. The Hall–Kier alpha value is -1.95. The van der Waals surface area contributed by atoms with E-state index in [0.717, 1.165) is 19.5 Å². The summed E-state index contributed by atoms with van der Waals surface area (Å²) >= 11 is 0. The summed E-state index contributed by atoms with van der Waals surface area (Å²) in [6.07, 6.45) is 2.00. The van der Waals surface area contributed by atoms with Crippen LogP contribution in [0.3, 0.4) is 0 Å². The lowest BCUT2D eigenvalue weighted by Gasteiger charge is -2.23. The lowest BCUT2D eigenvalue weighted by Crippen LogP contribution is -2.38.